The molecular weight excluding hydrogens is 386 g/mol. The van der Waals surface area contributed by atoms with E-state index in [-0.39, 0.29) is 5.91 Å². The number of hydrogen-bond donors (Lipinski definition) is 0. The van der Waals surface area contributed by atoms with Crippen molar-refractivity contribution in [3.05, 3.63) is 75.7 Å². The summed E-state index contributed by atoms with van der Waals surface area (Å²) >= 11 is 3.43. The van der Waals surface area contributed by atoms with Crippen molar-refractivity contribution in [3.63, 3.8) is 0 Å². The van der Waals surface area contributed by atoms with Crippen LogP contribution in [0.3, 0.4) is 0 Å². The highest BCUT2D eigenvalue weighted by Gasteiger charge is 2.22. The maximum Gasteiger partial charge on any atom is 0.254 e. The molecule has 1 aliphatic heterocycles. The smallest absolute Gasteiger partial charge is 0.254 e. The lowest BCUT2D eigenvalue weighted by Crippen LogP contribution is -2.34. The van der Waals surface area contributed by atoms with E-state index in [0.29, 0.717) is 6.54 Å². The lowest BCUT2D eigenvalue weighted by atomic mass is 10.1. The van der Waals surface area contributed by atoms with Gasteiger partial charge < -0.3 is 9.80 Å². The number of nitrogens with zero attached hydrogens (tertiary/aromatic N) is 3. The van der Waals surface area contributed by atoms with Gasteiger partial charge in [-0.25, -0.2) is 4.98 Å². The number of rotatable bonds is 4. The van der Waals surface area contributed by atoms with E-state index in [0.717, 1.165) is 40.0 Å². The third kappa shape index (κ3) is 4.23. The zero-order valence-electron chi connectivity index (χ0n) is 16.1. The highest BCUT2D eigenvalue weighted by molar-refractivity contribution is 7.98. The van der Waals surface area contributed by atoms with Gasteiger partial charge in [0.2, 0.25) is 0 Å². The number of carbonyl (C=O) groups excluding carboxylic acids is 1. The summed E-state index contributed by atoms with van der Waals surface area (Å²) in [5.74, 6) is 0.948. The first-order valence-electron chi connectivity index (χ1n) is 9.32. The predicted octanol–water partition coefficient (Wildman–Crippen LogP) is 4.84. The van der Waals surface area contributed by atoms with Gasteiger partial charge >= 0.3 is 0 Å². The van der Waals surface area contributed by atoms with Crippen LogP contribution in [-0.2, 0) is 12.3 Å². The molecule has 0 unspecified atom stereocenters. The van der Waals surface area contributed by atoms with E-state index in [4.69, 9.17) is 0 Å². The Balaban J connectivity index is 1.43. The average molecular weight is 410 g/mol. The van der Waals surface area contributed by atoms with Gasteiger partial charge in [0.1, 0.15) is 0 Å². The topological polar surface area (TPSA) is 36.4 Å². The van der Waals surface area contributed by atoms with Gasteiger partial charge in [-0.1, -0.05) is 18.2 Å². The van der Waals surface area contributed by atoms with Crippen LogP contribution in [-0.4, -0.2) is 35.9 Å². The molecule has 0 aliphatic carbocycles. The number of para-hydroxylation sites is 1. The van der Waals surface area contributed by atoms with Crippen LogP contribution in [0.5, 0.6) is 0 Å². The molecule has 4 rings (SSSR count). The van der Waals surface area contributed by atoms with E-state index >= 15 is 0 Å². The van der Waals surface area contributed by atoms with Crippen molar-refractivity contribution in [1.82, 2.24) is 9.88 Å². The van der Waals surface area contributed by atoms with Crippen molar-refractivity contribution in [2.24, 2.45) is 0 Å². The zero-order valence-corrected chi connectivity index (χ0v) is 17.7. The molecule has 3 aromatic rings. The molecule has 0 atom stereocenters. The molecule has 1 amide bonds. The summed E-state index contributed by atoms with van der Waals surface area (Å²) in [7, 11) is 2.09. The van der Waals surface area contributed by atoms with Gasteiger partial charge in [0, 0.05) is 54.0 Å². The summed E-state index contributed by atoms with van der Waals surface area (Å²) in [6, 6.07) is 16.3. The number of aromatic nitrogens is 1. The SMILES string of the molecule is Cc1nc(CSc2ccc(C(=O)N3CCN(C)c4ccccc4C3)cc2)cs1. The zero-order chi connectivity index (χ0) is 19.5. The van der Waals surface area contributed by atoms with Crippen molar-refractivity contribution in [2.75, 3.05) is 25.0 Å². The van der Waals surface area contributed by atoms with Crippen molar-refractivity contribution in [3.8, 4) is 0 Å². The van der Waals surface area contributed by atoms with Gasteiger partial charge in [-0.3, -0.25) is 4.79 Å². The first-order valence-corrected chi connectivity index (χ1v) is 11.2. The maximum absolute atomic E-state index is 13.1. The molecule has 144 valence electrons. The highest BCUT2D eigenvalue weighted by atomic mass is 32.2. The fourth-order valence-electron chi connectivity index (χ4n) is 3.37. The van der Waals surface area contributed by atoms with Gasteiger partial charge in [0.15, 0.2) is 0 Å². The molecule has 0 radical (unpaired) electrons. The van der Waals surface area contributed by atoms with E-state index < -0.39 is 0 Å². The van der Waals surface area contributed by atoms with E-state index in [2.05, 4.69) is 40.5 Å². The minimum atomic E-state index is 0.0942. The number of aryl methyl sites for hydroxylation is 1. The Bertz CT molecular complexity index is 968. The highest BCUT2D eigenvalue weighted by Crippen LogP contribution is 2.26. The molecule has 0 N–H and O–H groups in total. The molecule has 6 heteroatoms. The number of hydrogen-bond acceptors (Lipinski definition) is 5. The number of thiazole rings is 1. The predicted molar refractivity (Wildman–Crippen MR) is 117 cm³/mol. The molecule has 28 heavy (non-hydrogen) atoms. The fourth-order valence-corrected chi connectivity index (χ4v) is 4.88. The van der Waals surface area contributed by atoms with Crippen LogP contribution in [0.4, 0.5) is 5.69 Å². The third-order valence-electron chi connectivity index (χ3n) is 4.91. The number of fused-ring (bicyclic) bond motifs is 1. The van der Waals surface area contributed by atoms with E-state index in [1.807, 2.05) is 42.2 Å². The molecule has 0 bridgehead atoms. The van der Waals surface area contributed by atoms with Gasteiger partial charge in [0.25, 0.3) is 5.91 Å². The van der Waals surface area contributed by atoms with E-state index in [1.54, 1.807) is 23.1 Å². The summed E-state index contributed by atoms with van der Waals surface area (Å²) in [6.45, 7) is 4.24. The standard InChI is InChI=1S/C22H23N3OS2/c1-16-23-19(14-27-16)15-28-20-9-7-17(8-10-20)22(26)25-12-11-24(2)21-6-4-3-5-18(21)13-25/h3-10,14H,11-13,15H2,1-2H3. The number of benzene rings is 2. The molecule has 4 nitrogen and oxygen atoms in total. The summed E-state index contributed by atoms with van der Waals surface area (Å²) in [4.78, 5) is 22.9. The second-order valence-corrected chi connectivity index (χ2v) is 9.06. The molecule has 0 spiro atoms. The van der Waals surface area contributed by atoms with Gasteiger partial charge in [-0.05, 0) is 42.8 Å². The van der Waals surface area contributed by atoms with E-state index in [9.17, 15) is 4.79 Å². The summed E-state index contributed by atoms with van der Waals surface area (Å²) in [5, 5.41) is 3.20. The minimum absolute atomic E-state index is 0.0942. The first-order chi connectivity index (χ1) is 13.6. The van der Waals surface area contributed by atoms with E-state index in [1.165, 1.54) is 11.3 Å². The molecule has 1 aliphatic rings. The molecule has 0 fully saturated rings. The first kappa shape index (κ1) is 19.0. The van der Waals surface area contributed by atoms with Crippen LogP contribution in [0.1, 0.15) is 26.6 Å². The van der Waals surface area contributed by atoms with Crippen molar-refractivity contribution in [1.29, 1.82) is 0 Å². The van der Waals surface area contributed by atoms with Crippen molar-refractivity contribution < 1.29 is 4.79 Å². The molecule has 1 aromatic heterocycles. The Hall–Kier alpha value is -2.31. The molecule has 0 saturated carbocycles. The summed E-state index contributed by atoms with van der Waals surface area (Å²) in [6.07, 6.45) is 0. The monoisotopic (exact) mass is 409 g/mol. The third-order valence-corrected chi connectivity index (χ3v) is 6.78. The second kappa shape index (κ2) is 8.37. The minimum Gasteiger partial charge on any atom is -0.373 e. The van der Waals surface area contributed by atoms with Crippen molar-refractivity contribution in [2.45, 2.75) is 24.1 Å². The van der Waals surface area contributed by atoms with Gasteiger partial charge in [0.05, 0.1) is 10.7 Å². The normalized spacial score (nSPS) is 13.9. The molecule has 0 saturated heterocycles. The largest absolute Gasteiger partial charge is 0.373 e. The Kier molecular flexibility index (Phi) is 5.69. The summed E-state index contributed by atoms with van der Waals surface area (Å²) in [5.41, 5.74) is 4.26. The van der Waals surface area contributed by atoms with Crippen LogP contribution in [0.25, 0.3) is 0 Å². The van der Waals surface area contributed by atoms with Crippen LogP contribution in [0, 0.1) is 6.92 Å². The Labute approximate surface area is 174 Å². The quantitative estimate of drug-likeness (QED) is 0.578. The molecular formula is C22H23N3OS2. The van der Waals surface area contributed by atoms with Crippen molar-refractivity contribution >= 4 is 34.7 Å². The van der Waals surface area contributed by atoms with Crippen LogP contribution in [0.15, 0.2) is 58.8 Å². The Morgan fingerprint density at radius 2 is 1.93 bits per heavy atom. The number of likely N-dealkylation sites (N-methyl/N-ethyl adjacent to an activating group) is 1. The van der Waals surface area contributed by atoms with Gasteiger partial charge in [-0.2, -0.15) is 0 Å². The van der Waals surface area contributed by atoms with Gasteiger partial charge in [-0.15, -0.1) is 23.1 Å². The Morgan fingerprint density at radius 1 is 1.14 bits per heavy atom. The fraction of sp³-hybridized carbons (Fsp3) is 0.273. The van der Waals surface area contributed by atoms with Crippen LogP contribution < -0.4 is 4.90 Å². The second-order valence-electron chi connectivity index (χ2n) is 6.95. The number of anilines is 1. The van der Waals surface area contributed by atoms with Crippen LogP contribution >= 0.6 is 23.1 Å². The lowest BCUT2D eigenvalue weighted by molar-refractivity contribution is 0.0751. The molecule has 2 aromatic carbocycles. The lowest BCUT2D eigenvalue weighted by Gasteiger charge is -2.21. The Morgan fingerprint density at radius 3 is 2.68 bits per heavy atom. The molecule has 2 heterocycles. The average Bonchev–Trinajstić information content (AvgIpc) is 3.06. The summed E-state index contributed by atoms with van der Waals surface area (Å²) < 4.78 is 0. The number of amides is 1. The van der Waals surface area contributed by atoms with Crippen LogP contribution in [0.2, 0.25) is 0 Å². The number of thioether (sulfide) groups is 1. The number of carbonyl (C=O) groups is 1. The maximum atomic E-state index is 13.1.